The van der Waals surface area contributed by atoms with Crippen molar-refractivity contribution in [1.29, 1.82) is 5.26 Å². The van der Waals surface area contributed by atoms with Gasteiger partial charge >= 0.3 is 0 Å². The van der Waals surface area contributed by atoms with Crippen molar-refractivity contribution >= 4 is 10.8 Å². The highest BCUT2D eigenvalue weighted by Crippen LogP contribution is 2.24. The molecule has 2 heteroatoms. The summed E-state index contributed by atoms with van der Waals surface area (Å²) in [6.07, 6.45) is 0.786. The maximum atomic E-state index is 9.31. The number of nitrogens with zero attached hydrogens (tertiary/aromatic N) is 2. The van der Waals surface area contributed by atoms with Crippen LogP contribution in [-0.4, -0.2) is 4.98 Å². The summed E-state index contributed by atoms with van der Waals surface area (Å²) in [7, 11) is 0. The standard InChI is InChI=1S/C18H14N2/c1-13-17(12-19)15-9-5-6-10-16(15)18(20-13)11-14-7-3-2-4-8-14/h2-10H,11H2,1H3. The Balaban J connectivity index is 2.20. The molecule has 2 nitrogen and oxygen atoms in total. The van der Waals surface area contributed by atoms with Crippen molar-refractivity contribution in [1.82, 2.24) is 4.98 Å². The van der Waals surface area contributed by atoms with Crippen LogP contribution in [0.4, 0.5) is 0 Å². The van der Waals surface area contributed by atoms with Gasteiger partial charge in [-0.05, 0) is 12.5 Å². The molecule has 0 spiro atoms. The molecule has 0 saturated carbocycles. The summed E-state index contributed by atoms with van der Waals surface area (Å²) in [5, 5.41) is 11.4. The Labute approximate surface area is 118 Å². The predicted octanol–water partition coefficient (Wildman–Crippen LogP) is 4.01. The summed E-state index contributed by atoms with van der Waals surface area (Å²) < 4.78 is 0. The van der Waals surface area contributed by atoms with E-state index in [4.69, 9.17) is 0 Å². The minimum absolute atomic E-state index is 0.678. The van der Waals surface area contributed by atoms with Crippen molar-refractivity contribution in [3.05, 3.63) is 77.1 Å². The maximum absolute atomic E-state index is 9.31. The maximum Gasteiger partial charge on any atom is 0.102 e. The van der Waals surface area contributed by atoms with Crippen LogP contribution in [0.25, 0.3) is 10.8 Å². The van der Waals surface area contributed by atoms with Gasteiger partial charge in [0.15, 0.2) is 0 Å². The first-order chi connectivity index (χ1) is 9.79. The van der Waals surface area contributed by atoms with Crippen LogP contribution in [0.15, 0.2) is 54.6 Å². The van der Waals surface area contributed by atoms with E-state index in [-0.39, 0.29) is 0 Å². The molecule has 3 aromatic rings. The van der Waals surface area contributed by atoms with Gasteiger partial charge in [-0.25, -0.2) is 0 Å². The van der Waals surface area contributed by atoms with E-state index < -0.39 is 0 Å². The molecule has 3 rings (SSSR count). The monoisotopic (exact) mass is 258 g/mol. The van der Waals surface area contributed by atoms with Gasteiger partial charge < -0.3 is 0 Å². The average molecular weight is 258 g/mol. The van der Waals surface area contributed by atoms with Crippen LogP contribution >= 0.6 is 0 Å². The number of nitriles is 1. The zero-order valence-corrected chi connectivity index (χ0v) is 11.3. The molecule has 0 aliphatic rings. The Morgan fingerprint density at radius 3 is 2.30 bits per heavy atom. The van der Waals surface area contributed by atoms with Gasteiger partial charge in [-0.15, -0.1) is 0 Å². The second kappa shape index (κ2) is 5.14. The number of benzene rings is 2. The lowest BCUT2D eigenvalue weighted by Crippen LogP contribution is -1.99. The fraction of sp³-hybridized carbons (Fsp3) is 0.111. The highest BCUT2D eigenvalue weighted by Gasteiger charge is 2.10. The summed E-state index contributed by atoms with van der Waals surface area (Å²) in [5.41, 5.74) is 3.74. The van der Waals surface area contributed by atoms with Gasteiger partial charge in [-0.2, -0.15) is 5.26 Å². The second-order valence-electron chi connectivity index (χ2n) is 4.84. The number of aromatic nitrogens is 1. The van der Waals surface area contributed by atoms with E-state index in [1.807, 2.05) is 49.4 Å². The highest BCUT2D eigenvalue weighted by atomic mass is 14.7. The third-order valence-corrected chi connectivity index (χ3v) is 3.50. The first kappa shape index (κ1) is 12.4. The Morgan fingerprint density at radius 2 is 1.60 bits per heavy atom. The number of rotatable bonds is 2. The Hall–Kier alpha value is -2.66. The number of hydrogen-bond acceptors (Lipinski definition) is 2. The van der Waals surface area contributed by atoms with E-state index in [2.05, 4.69) is 23.2 Å². The van der Waals surface area contributed by atoms with E-state index >= 15 is 0 Å². The van der Waals surface area contributed by atoms with Gasteiger partial charge in [0.05, 0.1) is 17.0 Å². The van der Waals surface area contributed by atoms with Gasteiger partial charge in [0.25, 0.3) is 0 Å². The molecular weight excluding hydrogens is 244 g/mol. The van der Waals surface area contributed by atoms with Crippen molar-refractivity contribution < 1.29 is 0 Å². The van der Waals surface area contributed by atoms with E-state index in [1.54, 1.807) is 0 Å². The average Bonchev–Trinajstić information content (AvgIpc) is 2.49. The Morgan fingerprint density at radius 1 is 0.950 bits per heavy atom. The zero-order valence-electron chi connectivity index (χ0n) is 11.3. The van der Waals surface area contributed by atoms with Gasteiger partial charge in [0.2, 0.25) is 0 Å². The Kier molecular flexibility index (Phi) is 3.18. The van der Waals surface area contributed by atoms with Gasteiger partial charge in [0, 0.05) is 17.2 Å². The van der Waals surface area contributed by atoms with Crippen LogP contribution in [0.5, 0.6) is 0 Å². The van der Waals surface area contributed by atoms with Crippen LogP contribution in [-0.2, 0) is 6.42 Å². The van der Waals surface area contributed by atoms with Crippen LogP contribution in [0.2, 0.25) is 0 Å². The zero-order chi connectivity index (χ0) is 13.9. The molecule has 0 unspecified atom stereocenters. The molecule has 0 aliphatic heterocycles. The lowest BCUT2D eigenvalue weighted by Gasteiger charge is -2.10. The highest BCUT2D eigenvalue weighted by molar-refractivity contribution is 5.90. The molecule has 0 bridgehead atoms. The molecule has 0 N–H and O–H groups in total. The number of hydrogen-bond donors (Lipinski definition) is 0. The molecular formula is C18H14N2. The molecule has 0 fully saturated rings. The number of pyridine rings is 1. The first-order valence-corrected chi connectivity index (χ1v) is 6.62. The molecule has 1 aromatic heterocycles. The van der Waals surface area contributed by atoms with Crippen molar-refractivity contribution in [3.63, 3.8) is 0 Å². The van der Waals surface area contributed by atoms with E-state index in [0.717, 1.165) is 28.6 Å². The lowest BCUT2D eigenvalue weighted by molar-refractivity contribution is 1.05. The third kappa shape index (κ3) is 2.15. The van der Waals surface area contributed by atoms with Crippen LogP contribution in [0, 0.1) is 18.3 Å². The molecule has 0 saturated heterocycles. The fourth-order valence-electron chi connectivity index (χ4n) is 2.53. The second-order valence-corrected chi connectivity index (χ2v) is 4.84. The van der Waals surface area contributed by atoms with Gasteiger partial charge in [-0.1, -0.05) is 54.6 Å². The predicted molar refractivity (Wildman–Crippen MR) is 80.4 cm³/mol. The largest absolute Gasteiger partial charge is 0.256 e. The van der Waals surface area contributed by atoms with E-state index in [0.29, 0.717) is 5.56 Å². The van der Waals surface area contributed by atoms with Crippen molar-refractivity contribution in [2.24, 2.45) is 0 Å². The van der Waals surface area contributed by atoms with Crippen molar-refractivity contribution in [2.75, 3.05) is 0 Å². The summed E-state index contributed by atoms with van der Waals surface area (Å²) >= 11 is 0. The number of aryl methyl sites for hydroxylation is 1. The minimum Gasteiger partial charge on any atom is -0.256 e. The number of fused-ring (bicyclic) bond motifs is 1. The molecule has 20 heavy (non-hydrogen) atoms. The summed E-state index contributed by atoms with van der Waals surface area (Å²) in [6, 6.07) is 20.6. The third-order valence-electron chi connectivity index (χ3n) is 3.50. The molecule has 96 valence electrons. The van der Waals surface area contributed by atoms with E-state index in [9.17, 15) is 5.26 Å². The minimum atomic E-state index is 0.678. The molecule has 0 radical (unpaired) electrons. The molecule has 1 heterocycles. The normalized spacial score (nSPS) is 10.4. The van der Waals surface area contributed by atoms with Crippen molar-refractivity contribution in [2.45, 2.75) is 13.3 Å². The lowest BCUT2D eigenvalue weighted by atomic mass is 9.99. The van der Waals surface area contributed by atoms with Gasteiger partial charge in [-0.3, -0.25) is 4.98 Å². The SMILES string of the molecule is Cc1nc(Cc2ccccc2)c2ccccc2c1C#N. The van der Waals surface area contributed by atoms with Crippen LogP contribution in [0.3, 0.4) is 0 Å². The molecule has 2 aromatic carbocycles. The molecule has 0 atom stereocenters. The fourth-order valence-corrected chi connectivity index (χ4v) is 2.53. The summed E-state index contributed by atoms with van der Waals surface area (Å²) in [6.45, 7) is 1.90. The molecule has 0 amide bonds. The van der Waals surface area contributed by atoms with E-state index in [1.165, 1.54) is 5.56 Å². The summed E-state index contributed by atoms with van der Waals surface area (Å²) in [5.74, 6) is 0. The first-order valence-electron chi connectivity index (χ1n) is 6.62. The quantitative estimate of drug-likeness (QED) is 0.696. The summed E-state index contributed by atoms with van der Waals surface area (Å²) in [4.78, 5) is 4.64. The Bertz CT molecular complexity index is 799. The smallest absolute Gasteiger partial charge is 0.102 e. The van der Waals surface area contributed by atoms with Crippen LogP contribution < -0.4 is 0 Å². The topological polar surface area (TPSA) is 36.7 Å². The van der Waals surface area contributed by atoms with Crippen LogP contribution in [0.1, 0.15) is 22.5 Å². The van der Waals surface area contributed by atoms with Gasteiger partial charge in [0.1, 0.15) is 6.07 Å². The molecule has 0 aliphatic carbocycles. The van der Waals surface area contributed by atoms with Crippen molar-refractivity contribution in [3.8, 4) is 6.07 Å².